The number of esters is 1. The third-order valence-corrected chi connectivity index (χ3v) is 13.7. The molecule has 1 rings (SSSR count). The van der Waals surface area contributed by atoms with E-state index in [0.29, 0.717) is 25.5 Å². The topological polar surface area (TPSA) is 59.6 Å². The van der Waals surface area contributed by atoms with Crippen molar-refractivity contribution in [2.45, 2.75) is 247 Å². The van der Waals surface area contributed by atoms with Crippen LogP contribution >= 0.6 is 0 Å². The van der Waals surface area contributed by atoms with Gasteiger partial charge in [-0.2, -0.15) is 0 Å². The van der Waals surface area contributed by atoms with Gasteiger partial charge in [0.15, 0.2) is 0 Å². The van der Waals surface area contributed by atoms with Crippen molar-refractivity contribution in [3.63, 3.8) is 0 Å². The Morgan fingerprint density at radius 2 is 0.730 bits per heavy atom. The highest BCUT2D eigenvalue weighted by Gasteiger charge is 2.23. The average molecular weight is 891 g/mol. The van der Waals surface area contributed by atoms with Crippen molar-refractivity contribution in [3.8, 4) is 0 Å². The van der Waals surface area contributed by atoms with Gasteiger partial charge in [-0.05, 0) is 77.7 Å². The molecule has 374 valence electrons. The first-order valence-electron chi connectivity index (χ1n) is 28.3. The minimum atomic E-state index is -0.0324. The smallest absolute Gasteiger partial charge is 0.305 e. The van der Waals surface area contributed by atoms with E-state index in [-0.39, 0.29) is 5.97 Å². The highest BCUT2D eigenvalue weighted by molar-refractivity contribution is 5.78. The maximum atomic E-state index is 14.0. The van der Waals surface area contributed by atoms with Gasteiger partial charge in [-0.1, -0.05) is 195 Å². The fourth-order valence-electron chi connectivity index (χ4n) is 9.20. The molecule has 0 bridgehead atoms. The molecule has 1 heterocycles. The number of hydrogen-bond donors (Lipinski definition) is 0. The second-order valence-corrected chi connectivity index (χ2v) is 19.7. The van der Waals surface area contributed by atoms with E-state index >= 15 is 0 Å². The van der Waals surface area contributed by atoms with E-state index in [0.717, 1.165) is 97.7 Å². The summed E-state index contributed by atoms with van der Waals surface area (Å²) < 4.78 is 5.41. The van der Waals surface area contributed by atoms with E-state index in [1.54, 1.807) is 0 Å². The highest BCUT2D eigenvalue weighted by Crippen LogP contribution is 2.14. The van der Waals surface area contributed by atoms with E-state index in [4.69, 9.17) is 4.74 Å². The molecular weight excluding hydrogens is 779 g/mol. The molecule has 1 amide bonds. The van der Waals surface area contributed by atoms with Crippen LogP contribution < -0.4 is 0 Å². The summed E-state index contributed by atoms with van der Waals surface area (Å²) in [5, 5.41) is 0. The summed E-state index contributed by atoms with van der Waals surface area (Å²) in [5.74, 6) is 0.312. The summed E-state index contributed by atoms with van der Waals surface area (Å²) in [6.45, 7) is 26.1. The van der Waals surface area contributed by atoms with Crippen LogP contribution in [0.25, 0.3) is 0 Å². The first kappa shape index (κ1) is 59.8. The van der Waals surface area contributed by atoms with Gasteiger partial charge in [0.1, 0.15) is 0 Å². The van der Waals surface area contributed by atoms with Crippen molar-refractivity contribution < 1.29 is 14.3 Å². The van der Waals surface area contributed by atoms with Crippen LogP contribution in [0.1, 0.15) is 247 Å². The zero-order valence-electron chi connectivity index (χ0n) is 43.4. The van der Waals surface area contributed by atoms with Crippen LogP contribution in [0.5, 0.6) is 0 Å². The molecule has 1 aliphatic rings. The third-order valence-electron chi connectivity index (χ3n) is 13.7. The molecule has 0 radical (unpaired) electrons. The monoisotopic (exact) mass is 890 g/mol. The molecule has 0 aromatic carbocycles. The van der Waals surface area contributed by atoms with Gasteiger partial charge >= 0.3 is 5.97 Å². The van der Waals surface area contributed by atoms with Gasteiger partial charge in [0.05, 0.1) is 13.2 Å². The number of ether oxygens (including phenoxy) is 1. The summed E-state index contributed by atoms with van der Waals surface area (Å²) in [6.07, 6.45) is 42.2. The van der Waals surface area contributed by atoms with Gasteiger partial charge in [0, 0.05) is 58.8 Å². The Labute approximate surface area is 394 Å². The van der Waals surface area contributed by atoms with Crippen molar-refractivity contribution in [2.75, 3.05) is 98.2 Å². The Bertz CT molecular complexity index is 958. The van der Waals surface area contributed by atoms with Gasteiger partial charge in [-0.25, -0.2) is 0 Å². The molecule has 1 saturated heterocycles. The lowest BCUT2D eigenvalue weighted by atomic mass is 10.1. The average Bonchev–Trinajstić information content (AvgIpc) is 3.29. The van der Waals surface area contributed by atoms with Crippen LogP contribution in [0.4, 0.5) is 0 Å². The fourth-order valence-corrected chi connectivity index (χ4v) is 9.20. The minimum absolute atomic E-state index is 0.0324. The number of unbranched alkanes of at least 4 members (excludes halogenated alkanes) is 26. The Hall–Kier alpha value is -1.22. The molecule has 0 aromatic heterocycles. The Morgan fingerprint density at radius 1 is 0.381 bits per heavy atom. The van der Waals surface area contributed by atoms with E-state index in [9.17, 15) is 9.59 Å². The molecule has 0 aliphatic carbocycles. The lowest BCUT2D eigenvalue weighted by Crippen LogP contribution is -2.52. The van der Waals surface area contributed by atoms with Crippen LogP contribution in [-0.4, -0.2) is 135 Å². The molecule has 0 aromatic rings. The summed E-state index contributed by atoms with van der Waals surface area (Å²) in [4.78, 5) is 38.9. The molecule has 1 aliphatic heterocycles. The normalized spacial score (nSPS) is 13.6. The maximum absolute atomic E-state index is 14.0. The van der Waals surface area contributed by atoms with Crippen LogP contribution in [0.15, 0.2) is 0 Å². The minimum Gasteiger partial charge on any atom is -0.466 e. The summed E-state index contributed by atoms with van der Waals surface area (Å²) in [5.41, 5.74) is 0. The largest absolute Gasteiger partial charge is 0.466 e. The first-order chi connectivity index (χ1) is 31.0. The highest BCUT2D eigenvalue weighted by atomic mass is 16.5. The van der Waals surface area contributed by atoms with Crippen molar-refractivity contribution in [2.24, 2.45) is 0 Å². The molecular formula is C55H111N5O3. The van der Waals surface area contributed by atoms with Crippen molar-refractivity contribution in [1.82, 2.24) is 24.5 Å². The summed E-state index contributed by atoms with van der Waals surface area (Å²) >= 11 is 0. The number of carbonyl (C=O) groups is 2. The van der Waals surface area contributed by atoms with Crippen LogP contribution in [-0.2, 0) is 14.3 Å². The molecule has 8 heteroatoms. The predicted octanol–water partition coefficient (Wildman–Crippen LogP) is 13.6. The standard InChI is InChI=1S/C55H111N5O3/c1-6-11-16-20-24-28-33-39-56(40-34-29-25-21-17-12-7-2)46-47-59(43-36-31-27-23-19-14-9-4)53-54(61)60-50-48-58(49-51-60)45-44-57(41-35-30-26-22-18-13-8-3)42-37-32-38-55(62)63-52-15-10-5/h6-53H2,1-5H3. The second-order valence-electron chi connectivity index (χ2n) is 19.7. The zero-order valence-corrected chi connectivity index (χ0v) is 43.4. The van der Waals surface area contributed by atoms with Crippen molar-refractivity contribution in [1.29, 1.82) is 0 Å². The number of hydrogen-bond acceptors (Lipinski definition) is 7. The molecule has 0 atom stereocenters. The number of nitrogens with zero attached hydrogens (tertiary/aromatic N) is 5. The maximum Gasteiger partial charge on any atom is 0.305 e. The molecule has 0 N–H and O–H groups in total. The lowest BCUT2D eigenvalue weighted by molar-refractivity contribution is -0.143. The third kappa shape index (κ3) is 37.6. The van der Waals surface area contributed by atoms with Crippen LogP contribution in [0.2, 0.25) is 0 Å². The second kappa shape index (κ2) is 45.9. The first-order valence-corrected chi connectivity index (χ1v) is 28.3. The van der Waals surface area contributed by atoms with Gasteiger partial charge in [0.25, 0.3) is 0 Å². The van der Waals surface area contributed by atoms with Crippen molar-refractivity contribution >= 4 is 11.9 Å². The number of piperazine rings is 1. The van der Waals surface area contributed by atoms with Gasteiger partial charge < -0.3 is 19.4 Å². The van der Waals surface area contributed by atoms with Crippen LogP contribution in [0, 0.1) is 0 Å². The van der Waals surface area contributed by atoms with E-state index < -0.39 is 0 Å². The van der Waals surface area contributed by atoms with E-state index in [1.807, 2.05) is 0 Å². The number of amides is 1. The Kier molecular flexibility index (Phi) is 43.6. The summed E-state index contributed by atoms with van der Waals surface area (Å²) in [6, 6.07) is 0. The molecule has 1 fully saturated rings. The Morgan fingerprint density at radius 3 is 1.16 bits per heavy atom. The van der Waals surface area contributed by atoms with Gasteiger partial charge in [-0.3, -0.25) is 19.4 Å². The zero-order chi connectivity index (χ0) is 45.7. The van der Waals surface area contributed by atoms with E-state index in [1.165, 1.54) is 193 Å². The quantitative estimate of drug-likeness (QED) is 0.0445. The molecule has 0 saturated carbocycles. The van der Waals surface area contributed by atoms with Crippen molar-refractivity contribution in [3.05, 3.63) is 0 Å². The molecule has 8 nitrogen and oxygen atoms in total. The summed E-state index contributed by atoms with van der Waals surface area (Å²) in [7, 11) is 0. The number of carbonyl (C=O) groups excluding carboxylic acids is 2. The van der Waals surface area contributed by atoms with Gasteiger partial charge in [-0.15, -0.1) is 0 Å². The molecule has 0 unspecified atom stereocenters. The molecule has 63 heavy (non-hydrogen) atoms. The fraction of sp³-hybridized carbons (Fsp3) is 0.964. The molecule has 0 spiro atoms. The van der Waals surface area contributed by atoms with E-state index in [2.05, 4.69) is 59.1 Å². The van der Waals surface area contributed by atoms with Crippen LogP contribution in [0.3, 0.4) is 0 Å². The van der Waals surface area contributed by atoms with Gasteiger partial charge in [0.2, 0.25) is 5.91 Å². The predicted molar refractivity (Wildman–Crippen MR) is 274 cm³/mol. The number of rotatable bonds is 48. The Balaban J connectivity index is 2.73. The lowest BCUT2D eigenvalue weighted by Gasteiger charge is -2.37. The SMILES string of the molecule is CCCCCCCCCN(CCCCC(=O)OCCCC)CCN1CCN(C(=O)CN(CCCCCCCCC)CCN(CCCCCCCCC)CCCCCCCCC)CC1.